The van der Waals surface area contributed by atoms with E-state index >= 15 is 0 Å². The molecule has 0 saturated carbocycles. The summed E-state index contributed by atoms with van der Waals surface area (Å²) < 4.78 is 12.6. The number of methoxy groups -OCH3 is 1. The van der Waals surface area contributed by atoms with Gasteiger partial charge in [0.1, 0.15) is 5.82 Å². The van der Waals surface area contributed by atoms with E-state index in [9.17, 15) is 0 Å². The van der Waals surface area contributed by atoms with E-state index in [1.54, 1.807) is 18.0 Å². The summed E-state index contributed by atoms with van der Waals surface area (Å²) >= 11 is 0. The van der Waals surface area contributed by atoms with E-state index in [1.165, 1.54) is 0 Å². The molecule has 3 aromatic rings. The maximum atomic E-state index is 5.47. The molecule has 8 nitrogen and oxygen atoms in total. The summed E-state index contributed by atoms with van der Waals surface area (Å²) in [6.45, 7) is 6.70. The molecule has 26 heavy (non-hydrogen) atoms. The number of pyridine rings is 1. The highest BCUT2D eigenvalue weighted by Crippen LogP contribution is 2.25. The van der Waals surface area contributed by atoms with Crippen molar-refractivity contribution in [1.82, 2.24) is 24.9 Å². The number of anilines is 1. The van der Waals surface area contributed by atoms with Crippen LogP contribution in [0.15, 0.2) is 22.9 Å². The molecule has 3 rings (SSSR count). The van der Waals surface area contributed by atoms with Crippen molar-refractivity contribution in [3.8, 4) is 17.3 Å². The Morgan fingerprint density at radius 3 is 2.81 bits per heavy atom. The zero-order valence-electron chi connectivity index (χ0n) is 15.8. The van der Waals surface area contributed by atoms with E-state index in [0.717, 1.165) is 34.9 Å². The van der Waals surface area contributed by atoms with Crippen molar-refractivity contribution in [2.75, 3.05) is 12.4 Å². The second kappa shape index (κ2) is 7.55. The van der Waals surface area contributed by atoms with Gasteiger partial charge in [-0.1, -0.05) is 25.9 Å². The zero-order chi connectivity index (χ0) is 18.7. The Labute approximate surface area is 152 Å². The number of nitrogens with one attached hydrogen (secondary N) is 1. The van der Waals surface area contributed by atoms with Crippen LogP contribution in [0.1, 0.15) is 43.8 Å². The number of aryl methyl sites for hydroxylation is 2. The molecule has 3 aromatic heterocycles. The monoisotopic (exact) mass is 356 g/mol. The van der Waals surface area contributed by atoms with Gasteiger partial charge in [0.25, 0.3) is 5.89 Å². The second-order valence-electron chi connectivity index (χ2n) is 6.31. The Kier molecular flexibility index (Phi) is 5.20. The average Bonchev–Trinajstić information content (AvgIpc) is 3.24. The van der Waals surface area contributed by atoms with Crippen molar-refractivity contribution in [2.24, 2.45) is 7.05 Å². The van der Waals surface area contributed by atoms with Crippen molar-refractivity contribution in [2.45, 2.75) is 39.7 Å². The molecule has 3 heterocycles. The van der Waals surface area contributed by atoms with E-state index in [-0.39, 0.29) is 5.92 Å². The molecule has 138 valence electrons. The summed E-state index contributed by atoms with van der Waals surface area (Å²) in [6, 6.07) is 3.75. The van der Waals surface area contributed by atoms with Crippen LogP contribution in [0.5, 0.6) is 5.88 Å². The molecule has 0 atom stereocenters. The van der Waals surface area contributed by atoms with Crippen molar-refractivity contribution in [3.63, 3.8) is 0 Å². The summed E-state index contributed by atoms with van der Waals surface area (Å²) in [6.07, 6.45) is 2.56. The Hall–Kier alpha value is -2.90. The van der Waals surface area contributed by atoms with Crippen LogP contribution >= 0.6 is 0 Å². The molecule has 0 fully saturated rings. The van der Waals surface area contributed by atoms with Gasteiger partial charge in [0.05, 0.1) is 18.4 Å². The predicted octanol–water partition coefficient (Wildman–Crippen LogP) is 3.17. The molecule has 0 aliphatic carbocycles. The highest BCUT2D eigenvalue weighted by atomic mass is 16.5. The molecule has 0 amide bonds. The van der Waals surface area contributed by atoms with Crippen LogP contribution in [0.4, 0.5) is 5.82 Å². The number of nitrogens with zero attached hydrogens (tertiary/aromatic N) is 5. The topological polar surface area (TPSA) is 90.9 Å². The van der Waals surface area contributed by atoms with Crippen LogP contribution in [0.3, 0.4) is 0 Å². The number of rotatable bonds is 7. The highest BCUT2D eigenvalue weighted by Gasteiger charge is 2.16. The highest BCUT2D eigenvalue weighted by molar-refractivity contribution is 5.58. The Morgan fingerprint density at radius 1 is 1.35 bits per heavy atom. The third-order valence-electron chi connectivity index (χ3n) is 4.11. The lowest BCUT2D eigenvalue weighted by atomic mass is 10.2. The van der Waals surface area contributed by atoms with Gasteiger partial charge in [-0.05, 0) is 18.6 Å². The molecule has 1 N–H and O–H groups in total. The maximum Gasteiger partial charge on any atom is 0.258 e. The fourth-order valence-electron chi connectivity index (χ4n) is 2.75. The van der Waals surface area contributed by atoms with Gasteiger partial charge >= 0.3 is 0 Å². The molecule has 0 saturated heterocycles. The quantitative estimate of drug-likeness (QED) is 0.695. The van der Waals surface area contributed by atoms with E-state index in [2.05, 4.69) is 32.5 Å². The SMILES string of the molecule is CCc1nn(C)c(OC)c1CNc1cc(-c2nc(C(C)C)no2)ccn1. The van der Waals surface area contributed by atoms with E-state index in [1.807, 2.05) is 33.0 Å². The van der Waals surface area contributed by atoms with Crippen LogP contribution in [-0.4, -0.2) is 32.0 Å². The molecule has 0 aliphatic heterocycles. The zero-order valence-corrected chi connectivity index (χ0v) is 15.8. The lowest BCUT2D eigenvalue weighted by Crippen LogP contribution is -2.05. The van der Waals surface area contributed by atoms with Gasteiger partial charge in [-0.2, -0.15) is 10.1 Å². The maximum absolute atomic E-state index is 5.47. The summed E-state index contributed by atoms with van der Waals surface area (Å²) in [5.41, 5.74) is 2.87. The molecule has 8 heteroatoms. The first kappa shape index (κ1) is 17.9. The number of ether oxygens (including phenoxy) is 1. The van der Waals surface area contributed by atoms with Crippen LogP contribution in [0.2, 0.25) is 0 Å². The molecule has 0 bridgehead atoms. The number of hydrogen-bond acceptors (Lipinski definition) is 7. The Morgan fingerprint density at radius 2 is 2.15 bits per heavy atom. The average molecular weight is 356 g/mol. The first-order valence-electron chi connectivity index (χ1n) is 8.66. The largest absolute Gasteiger partial charge is 0.481 e. The van der Waals surface area contributed by atoms with Crippen molar-refractivity contribution >= 4 is 5.82 Å². The fourth-order valence-corrected chi connectivity index (χ4v) is 2.75. The summed E-state index contributed by atoms with van der Waals surface area (Å²) in [4.78, 5) is 8.80. The summed E-state index contributed by atoms with van der Waals surface area (Å²) in [7, 11) is 3.53. The molecule has 0 radical (unpaired) electrons. The van der Waals surface area contributed by atoms with Crippen molar-refractivity contribution in [3.05, 3.63) is 35.4 Å². The fraction of sp³-hybridized carbons (Fsp3) is 0.444. The number of hydrogen-bond donors (Lipinski definition) is 1. The van der Waals surface area contributed by atoms with Gasteiger partial charge in [-0.3, -0.25) is 0 Å². The van der Waals surface area contributed by atoms with Crippen LogP contribution in [0.25, 0.3) is 11.5 Å². The lowest BCUT2D eigenvalue weighted by Gasteiger charge is -2.08. The summed E-state index contributed by atoms with van der Waals surface area (Å²) in [5, 5.41) is 11.8. The van der Waals surface area contributed by atoms with Crippen LogP contribution in [0, 0.1) is 0 Å². The standard InChI is InChI=1S/C18H24N6O2/c1-6-14-13(18(25-5)24(4)22-14)10-20-15-9-12(7-8-19-15)17-21-16(11(2)3)23-26-17/h7-9,11H,6,10H2,1-5H3,(H,19,20). The normalized spacial score (nSPS) is 11.2. The minimum absolute atomic E-state index is 0.220. The van der Waals surface area contributed by atoms with Gasteiger partial charge in [-0.15, -0.1) is 0 Å². The van der Waals surface area contributed by atoms with Crippen molar-refractivity contribution < 1.29 is 9.26 Å². The third-order valence-corrected chi connectivity index (χ3v) is 4.11. The summed E-state index contributed by atoms with van der Waals surface area (Å²) in [5.74, 6) is 2.88. The Bertz CT molecular complexity index is 884. The molecule has 0 aromatic carbocycles. The van der Waals surface area contributed by atoms with Gasteiger partial charge in [0.2, 0.25) is 5.88 Å². The third kappa shape index (κ3) is 3.54. The molecule has 0 spiro atoms. The first-order valence-corrected chi connectivity index (χ1v) is 8.66. The van der Waals surface area contributed by atoms with Gasteiger partial charge < -0.3 is 14.6 Å². The van der Waals surface area contributed by atoms with E-state index < -0.39 is 0 Å². The van der Waals surface area contributed by atoms with Gasteiger partial charge in [0, 0.05) is 31.3 Å². The Balaban J connectivity index is 1.79. The first-order chi connectivity index (χ1) is 12.5. The van der Waals surface area contributed by atoms with Gasteiger partial charge in [-0.25, -0.2) is 9.67 Å². The molecule has 0 aliphatic rings. The van der Waals surface area contributed by atoms with E-state index in [4.69, 9.17) is 9.26 Å². The molecule has 0 unspecified atom stereocenters. The van der Waals surface area contributed by atoms with E-state index in [0.29, 0.717) is 18.3 Å². The smallest absolute Gasteiger partial charge is 0.258 e. The minimum atomic E-state index is 0.220. The predicted molar refractivity (Wildman–Crippen MR) is 98.1 cm³/mol. The van der Waals surface area contributed by atoms with Crippen LogP contribution in [-0.2, 0) is 20.0 Å². The molecular weight excluding hydrogens is 332 g/mol. The molecular formula is C18H24N6O2. The number of aromatic nitrogens is 5. The lowest BCUT2D eigenvalue weighted by molar-refractivity contribution is 0.369. The minimum Gasteiger partial charge on any atom is -0.481 e. The van der Waals surface area contributed by atoms with Crippen molar-refractivity contribution in [1.29, 1.82) is 0 Å². The van der Waals surface area contributed by atoms with Gasteiger partial charge in [0.15, 0.2) is 5.82 Å². The second-order valence-corrected chi connectivity index (χ2v) is 6.31. The van der Waals surface area contributed by atoms with Crippen LogP contribution < -0.4 is 10.1 Å².